The second-order valence-corrected chi connectivity index (χ2v) is 12.5. The van der Waals surface area contributed by atoms with E-state index in [4.69, 9.17) is 0 Å². The Hall–Kier alpha value is -3.63. The number of nitrogens with zero attached hydrogens (tertiary/aromatic N) is 4. The average Bonchev–Trinajstić information content (AvgIpc) is 2.95. The number of likely N-dealkylation sites (N-methyl/N-ethyl adjacent to an activating group) is 1. The molecule has 6 heteroatoms. The maximum atomic E-state index is 13.7. The number of rotatable bonds is 6. The predicted octanol–water partition coefficient (Wildman–Crippen LogP) is 5.21. The summed E-state index contributed by atoms with van der Waals surface area (Å²) in [6.45, 7) is 6.57. The molecule has 0 aliphatic carbocycles. The molecule has 0 radical (unpaired) electrons. The van der Waals surface area contributed by atoms with Crippen molar-refractivity contribution >= 4 is 11.7 Å². The third-order valence-electron chi connectivity index (χ3n) is 8.55. The molecule has 2 aliphatic rings. The minimum atomic E-state index is -0.00852. The zero-order valence-corrected chi connectivity index (χ0v) is 25.8. The maximum Gasteiger partial charge on any atom is 0.321 e. The highest BCUT2D eigenvalue weighted by molar-refractivity contribution is 5.89. The van der Waals surface area contributed by atoms with Gasteiger partial charge in [0, 0.05) is 61.0 Å². The maximum absolute atomic E-state index is 13.7. The fourth-order valence-electron chi connectivity index (χ4n) is 6.56. The monoisotopic (exact) mass is 563 g/mol. The van der Waals surface area contributed by atoms with Gasteiger partial charge in [0.1, 0.15) is 0 Å². The van der Waals surface area contributed by atoms with E-state index in [1.54, 1.807) is 0 Å². The van der Waals surface area contributed by atoms with Gasteiger partial charge in [0.2, 0.25) is 0 Å². The Morgan fingerprint density at radius 3 is 2.12 bits per heavy atom. The van der Waals surface area contributed by atoms with E-state index >= 15 is 0 Å². The Morgan fingerprint density at radius 2 is 1.48 bits per heavy atom. The summed E-state index contributed by atoms with van der Waals surface area (Å²) < 4.78 is 0. The molecule has 0 bridgehead atoms. The van der Waals surface area contributed by atoms with Crippen LogP contribution in [0.15, 0.2) is 78.9 Å². The summed E-state index contributed by atoms with van der Waals surface area (Å²) in [6.07, 6.45) is 1.08. The Kier molecular flexibility index (Phi) is 9.64. The van der Waals surface area contributed by atoms with E-state index in [-0.39, 0.29) is 12.1 Å². The van der Waals surface area contributed by atoms with Gasteiger partial charge < -0.3 is 20.0 Å². The zero-order valence-electron chi connectivity index (χ0n) is 25.8. The zero-order chi connectivity index (χ0) is 29.6. The normalized spacial score (nSPS) is 22.4. The van der Waals surface area contributed by atoms with Gasteiger partial charge in [0.25, 0.3) is 0 Å². The highest BCUT2D eigenvalue weighted by Gasteiger charge is 2.50. The van der Waals surface area contributed by atoms with Gasteiger partial charge in [-0.25, -0.2) is 4.79 Å². The first-order valence-electron chi connectivity index (χ1n) is 15.1. The van der Waals surface area contributed by atoms with Crippen LogP contribution in [0.3, 0.4) is 0 Å². The van der Waals surface area contributed by atoms with Crippen LogP contribution in [0.2, 0.25) is 0 Å². The largest absolute Gasteiger partial charge is 0.323 e. The van der Waals surface area contributed by atoms with Gasteiger partial charge in [-0.1, -0.05) is 59.9 Å². The number of carbonyl (C=O) groups is 1. The first kappa shape index (κ1) is 29.8. The quantitative estimate of drug-likeness (QED) is 0.419. The van der Waals surface area contributed by atoms with Crippen molar-refractivity contribution in [3.05, 3.63) is 101 Å². The van der Waals surface area contributed by atoms with Crippen LogP contribution in [0.5, 0.6) is 0 Å². The molecule has 3 aromatic carbocycles. The number of hydrogen-bond acceptors (Lipinski definition) is 4. The molecule has 0 aromatic heterocycles. The van der Waals surface area contributed by atoms with Gasteiger partial charge in [-0.2, -0.15) is 0 Å². The smallest absolute Gasteiger partial charge is 0.321 e. The van der Waals surface area contributed by atoms with Crippen molar-refractivity contribution in [1.82, 2.24) is 19.6 Å². The lowest BCUT2D eigenvalue weighted by molar-refractivity contribution is -0.0520. The van der Waals surface area contributed by atoms with Crippen LogP contribution in [0.1, 0.15) is 34.6 Å². The van der Waals surface area contributed by atoms with Crippen molar-refractivity contribution in [2.45, 2.75) is 31.3 Å². The number of anilines is 1. The molecule has 0 spiro atoms. The van der Waals surface area contributed by atoms with Crippen molar-refractivity contribution in [3.63, 3.8) is 0 Å². The molecular formula is C36H45N5O. The molecule has 0 saturated carbocycles. The summed E-state index contributed by atoms with van der Waals surface area (Å²) in [5.74, 6) is 7.36. The number of amides is 2. The number of fused-ring (bicyclic) bond motifs is 1. The van der Waals surface area contributed by atoms with Crippen LogP contribution in [-0.4, -0.2) is 98.6 Å². The number of benzene rings is 3. The topological polar surface area (TPSA) is 42.1 Å². The molecule has 5 rings (SSSR count). The minimum Gasteiger partial charge on any atom is -0.323 e. The summed E-state index contributed by atoms with van der Waals surface area (Å²) in [5.41, 5.74) is 5.40. The summed E-state index contributed by atoms with van der Waals surface area (Å²) in [6, 6.07) is 27.7. The molecule has 220 valence electrons. The molecule has 2 heterocycles. The number of carbonyl (C=O) groups excluding carboxylic acids is 1. The Morgan fingerprint density at radius 1 is 0.833 bits per heavy atom. The lowest BCUT2D eigenvalue weighted by Crippen LogP contribution is -2.69. The standard InChI is InChI=1S/C36H45N5O/c1-27-11-19-32(20-12-27)37-36(42)40-24-30(23-38(2)3)21-22-41-33(25-39(4)5)35(34(41)26-40)31-17-15-29(16-18-31)14-13-28-9-7-6-8-10-28/h6-12,15-20,30,33-35H,21-26H2,1-5H3,(H,37,42)/t30?,33-,34+,35+/m1/s1. The van der Waals surface area contributed by atoms with E-state index in [0.29, 0.717) is 24.4 Å². The van der Waals surface area contributed by atoms with E-state index < -0.39 is 0 Å². The summed E-state index contributed by atoms with van der Waals surface area (Å²) >= 11 is 0. The van der Waals surface area contributed by atoms with E-state index in [1.807, 2.05) is 54.6 Å². The Bertz CT molecular complexity index is 1370. The number of hydrogen-bond donors (Lipinski definition) is 1. The van der Waals surface area contributed by atoms with Crippen LogP contribution in [0.4, 0.5) is 10.5 Å². The summed E-state index contributed by atoms with van der Waals surface area (Å²) in [4.78, 5) is 23.0. The van der Waals surface area contributed by atoms with E-state index in [0.717, 1.165) is 49.4 Å². The van der Waals surface area contributed by atoms with Crippen molar-refractivity contribution in [2.24, 2.45) is 5.92 Å². The average molecular weight is 564 g/mol. The third kappa shape index (κ3) is 7.41. The van der Waals surface area contributed by atoms with Crippen LogP contribution in [0, 0.1) is 24.7 Å². The van der Waals surface area contributed by atoms with E-state index in [2.05, 4.69) is 96.1 Å². The molecule has 2 fully saturated rings. The summed E-state index contributed by atoms with van der Waals surface area (Å²) in [5, 5.41) is 3.18. The molecular weight excluding hydrogens is 518 g/mol. The summed E-state index contributed by atoms with van der Waals surface area (Å²) in [7, 11) is 8.57. The number of urea groups is 1. The highest BCUT2D eigenvalue weighted by Crippen LogP contribution is 2.43. The molecule has 1 unspecified atom stereocenters. The van der Waals surface area contributed by atoms with Crippen LogP contribution < -0.4 is 5.32 Å². The van der Waals surface area contributed by atoms with Gasteiger partial charge in [0.15, 0.2) is 0 Å². The van der Waals surface area contributed by atoms with Crippen LogP contribution in [-0.2, 0) is 0 Å². The van der Waals surface area contributed by atoms with Crippen molar-refractivity contribution < 1.29 is 4.79 Å². The Labute approximate surface area is 252 Å². The van der Waals surface area contributed by atoms with Crippen molar-refractivity contribution in [3.8, 4) is 11.8 Å². The first-order chi connectivity index (χ1) is 20.3. The molecule has 4 atom stereocenters. The fraction of sp³-hybridized carbons (Fsp3) is 0.417. The second-order valence-electron chi connectivity index (χ2n) is 12.5. The molecule has 6 nitrogen and oxygen atoms in total. The number of nitrogens with one attached hydrogen (secondary N) is 1. The van der Waals surface area contributed by atoms with Gasteiger partial charge in [-0.15, -0.1) is 0 Å². The lowest BCUT2D eigenvalue weighted by atomic mass is 9.73. The molecule has 3 aromatic rings. The van der Waals surface area contributed by atoms with Gasteiger partial charge in [-0.3, -0.25) is 4.90 Å². The molecule has 2 saturated heterocycles. The van der Waals surface area contributed by atoms with Crippen molar-refractivity contribution in [2.75, 3.05) is 66.2 Å². The van der Waals surface area contributed by atoms with Crippen LogP contribution >= 0.6 is 0 Å². The number of aryl methyl sites for hydroxylation is 1. The van der Waals surface area contributed by atoms with Crippen molar-refractivity contribution in [1.29, 1.82) is 0 Å². The van der Waals surface area contributed by atoms with Gasteiger partial charge >= 0.3 is 6.03 Å². The SMILES string of the molecule is Cc1ccc(NC(=O)N2CC(CN(C)C)CCN3[C@H](CN(C)C)[C@H](c4ccc(C#Cc5ccccc5)cc4)[C@@H]3C2)cc1. The van der Waals surface area contributed by atoms with Gasteiger partial charge in [-0.05, 0) is 96.0 Å². The molecule has 2 aliphatic heterocycles. The molecule has 2 amide bonds. The fourth-order valence-corrected chi connectivity index (χ4v) is 6.56. The lowest BCUT2D eigenvalue weighted by Gasteiger charge is -2.58. The highest BCUT2D eigenvalue weighted by atomic mass is 16.2. The van der Waals surface area contributed by atoms with E-state index in [9.17, 15) is 4.79 Å². The minimum absolute atomic E-state index is 0.00852. The first-order valence-corrected chi connectivity index (χ1v) is 15.1. The Balaban J connectivity index is 1.39. The molecule has 42 heavy (non-hydrogen) atoms. The van der Waals surface area contributed by atoms with Crippen LogP contribution in [0.25, 0.3) is 0 Å². The third-order valence-corrected chi connectivity index (χ3v) is 8.55. The second kappa shape index (κ2) is 13.6. The predicted molar refractivity (Wildman–Crippen MR) is 173 cm³/mol. The van der Waals surface area contributed by atoms with E-state index in [1.165, 1.54) is 11.1 Å². The molecule has 1 N–H and O–H groups in total. The van der Waals surface area contributed by atoms with Gasteiger partial charge in [0.05, 0.1) is 0 Å².